The highest BCUT2D eigenvalue weighted by Crippen LogP contribution is 2.19. The molecular formula is C13H18ClIN2O2. The van der Waals surface area contributed by atoms with Crippen LogP contribution in [-0.2, 0) is 4.74 Å². The zero-order valence-corrected chi connectivity index (χ0v) is 14.0. The Morgan fingerprint density at radius 2 is 2.21 bits per heavy atom. The lowest BCUT2D eigenvalue weighted by molar-refractivity contribution is 0.0947. The predicted molar refractivity (Wildman–Crippen MR) is 85.9 cm³/mol. The Labute approximate surface area is 132 Å². The Bertz CT molecular complexity index is 429. The van der Waals surface area contributed by atoms with E-state index in [1.165, 1.54) is 0 Å². The summed E-state index contributed by atoms with van der Waals surface area (Å²) < 4.78 is 5.93. The number of hydrogen-bond acceptors (Lipinski definition) is 3. The average molecular weight is 397 g/mol. The van der Waals surface area contributed by atoms with Gasteiger partial charge in [0.25, 0.3) is 5.91 Å². The van der Waals surface area contributed by atoms with Crippen LogP contribution < -0.4 is 5.32 Å². The Hall–Kier alpha value is -0.370. The van der Waals surface area contributed by atoms with E-state index in [0.717, 1.165) is 16.7 Å². The first-order valence-corrected chi connectivity index (χ1v) is 7.41. The Morgan fingerprint density at radius 3 is 2.84 bits per heavy atom. The summed E-state index contributed by atoms with van der Waals surface area (Å²) in [4.78, 5) is 14.0. The van der Waals surface area contributed by atoms with Crippen LogP contribution in [0.1, 0.15) is 10.4 Å². The normalized spacial score (nSPS) is 10.8. The molecule has 0 unspecified atom stereocenters. The molecule has 0 saturated carbocycles. The van der Waals surface area contributed by atoms with E-state index in [2.05, 4.69) is 32.8 Å². The van der Waals surface area contributed by atoms with Crippen LogP contribution in [0.2, 0.25) is 5.02 Å². The Balaban J connectivity index is 2.37. The van der Waals surface area contributed by atoms with E-state index >= 15 is 0 Å². The number of methoxy groups -OCH3 is 1. The summed E-state index contributed by atoms with van der Waals surface area (Å²) >= 11 is 8.12. The first-order valence-electron chi connectivity index (χ1n) is 5.95. The van der Waals surface area contributed by atoms with Crippen LogP contribution in [0.3, 0.4) is 0 Å². The van der Waals surface area contributed by atoms with Crippen molar-refractivity contribution in [3.63, 3.8) is 0 Å². The second-order valence-electron chi connectivity index (χ2n) is 4.18. The van der Waals surface area contributed by atoms with Crippen LogP contribution >= 0.6 is 34.2 Å². The van der Waals surface area contributed by atoms with E-state index < -0.39 is 0 Å². The largest absolute Gasteiger partial charge is 0.383 e. The minimum Gasteiger partial charge on any atom is -0.383 e. The standard InChI is InChI=1S/C13H18ClIN2O2/c1-17(7-8-19-2)6-5-16-13(18)10-3-4-12(15)11(14)9-10/h3-4,9H,5-8H2,1-2H3,(H,16,18). The Morgan fingerprint density at radius 1 is 1.47 bits per heavy atom. The van der Waals surface area contributed by atoms with Crippen molar-refractivity contribution < 1.29 is 9.53 Å². The molecule has 0 bridgehead atoms. The van der Waals surface area contributed by atoms with Crippen LogP contribution in [0.5, 0.6) is 0 Å². The third kappa shape index (κ3) is 6.07. The van der Waals surface area contributed by atoms with Gasteiger partial charge in [-0.1, -0.05) is 11.6 Å². The molecule has 0 aromatic heterocycles. The molecule has 4 nitrogen and oxygen atoms in total. The predicted octanol–water partition coefficient (Wildman–Crippen LogP) is 2.25. The van der Waals surface area contributed by atoms with Crippen LogP contribution in [0.15, 0.2) is 18.2 Å². The fourth-order valence-corrected chi connectivity index (χ4v) is 1.97. The fraction of sp³-hybridized carbons (Fsp3) is 0.462. The van der Waals surface area contributed by atoms with Crippen molar-refractivity contribution in [2.24, 2.45) is 0 Å². The van der Waals surface area contributed by atoms with Gasteiger partial charge >= 0.3 is 0 Å². The number of carbonyl (C=O) groups excluding carboxylic acids is 1. The first-order chi connectivity index (χ1) is 9.04. The molecule has 1 aromatic carbocycles. The lowest BCUT2D eigenvalue weighted by Gasteiger charge is -2.16. The maximum Gasteiger partial charge on any atom is 0.251 e. The number of nitrogens with zero attached hydrogens (tertiary/aromatic N) is 1. The number of carbonyl (C=O) groups is 1. The summed E-state index contributed by atoms with van der Waals surface area (Å²) in [5.41, 5.74) is 0.588. The monoisotopic (exact) mass is 396 g/mol. The molecule has 0 fully saturated rings. The van der Waals surface area contributed by atoms with Crippen LogP contribution in [0, 0.1) is 3.57 Å². The molecule has 1 aromatic rings. The molecule has 6 heteroatoms. The number of benzene rings is 1. The van der Waals surface area contributed by atoms with Crippen molar-refractivity contribution in [2.75, 3.05) is 40.4 Å². The number of halogens is 2. The molecule has 106 valence electrons. The van der Waals surface area contributed by atoms with E-state index in [1.807, 2.05) is 13.1 Å². The molecule has 1 rings (SSSR count). The quantitative estimate of drug-likeness (QED) is 0.719. The summed E-state index contributed by atoms with van der Waals surface area (Å²) in [5.74, 6) is -0.0987. The van der Waals surface area contributed by atoms with E-state index in [-0.39, 0.29) is 5.91 Å². The van der Waals surface area contributed by atoms with Gasteiger partial charge in [0, 0.05) is 35.9 Å². The summed E-state index contributed by atoms with van der Waals surface area (Å²) in [6.07, 6.45) is 0. The lowest BCUT2D eigenvalue weighted by Crippen LogP contribution is -2.34. The molecule has 1 amide bonds. The van der Waals surface area contributed by atoms with Crippen molar-refractivity contribution in [2.45, 2.75) is 0 Å². The maximum atomic E-state index is 11.9. The summed E-state index contributed by atoms with van der Waals surface area (Å²) in [5, 5.41) is 3.47. The number of ether oxygens (including phenoxy) is 1. The van der Waals surface area contributed by atoms with E-state index in [9.17, 15) is 4.79 Å². The van der Waals surface area contributed by atoms with Crippen molar-refractivity contribution >= 4 is 40.1 Å². The topological polar surface area (TPSA) is 41.6 Å². The summed E-state index contributed by atoms with van der Waals surface area (Å²) in [6, 6.07) is 5.30. The molecule has 0 atom stereocenters. The van der Waals surface area contributed by atoms with E-state index in [0.29, 0.717) is 23.7 Å². The van der Waals surface area contributed by atoms with Gasteiger partial charge in [-0.2, -0.15) is 0 Å². The second-order valence-corrected chi connectivity index (χ2v) is 5.75. The van der Waals surface area contributed by atoms with Gasteiger partial charge in [0.15, 0.2) is 0 Å². The van der Waals surface area contributed by atoms with Gasteiger partial charge in [0.1, 0.15) is 0 Å². The van der Waals surface area contributed by atoms with Crippen molar-refractivity contribution in [3.05, 3.63) is 32.4 Å². The summed E-state index contributed by atoms with van der Waals surface area (Å²) in [6.45, 7) is 2.93. The smallest absolute Gasteiger partial charge is 0.251 e. The molecule has 0 heterocycles. The van der Waals surface area contributed by atoms with Crippen LogP contribution in [0.4, 0.5) is 0 Å². The van der Waals surface area contributed by atoms with Crippen LogP contribution in [-0.4, -0.2) is 51.2 Å². The number of nitrogens with one attached hydrogen (secondary N) is 1. The minimum absolute atomic E-state index is 0.0987. The highest BCUT2D eigenvalue weighted by molar-refractivity contribution is 14.1. The SMILES string of the molecule is COCCN(C)CCNC(=O)c1ccc(I)c(Cl)c1. The summed E-state index contributed by atoms with van der Waals surface area (Å²) in [7, 11) is 3.67. The van der Waals surface area contributed by atoms with Gasteiger partial charge in [-0.05, 0) is 47.8 Å². The molecule has 0 radical (unpaired) electrons. The van der Waals surface area contributed by atoms with Crippen molar-refractivity contribution in [1.82, 2.24) is 10.2 Å². The number of rotatable bonds is 7. The lowest BCUT2D eigenvalue weighted by atomic mass is 10.2. The van der Waals surface area contributed by atoms with Crippen LogP contribution in [0.25, 0.3) is 0 Å². The van der Waals surface area contributed by atoms with E-state index in [1.54, 1.807) is 19.2 Å². The number of hydrogen-bond donors (Lipinski definition) is 1. The van der Waals surface area contributed by atoms with Gasteiger partial charge in [0.2, 0.25) is 0 Å². The molecular weight excluding hydrogens is 379 g/mol. The van der Waals surface area contributed by atoms with Crippen molar-refractivity contribution in [1.29, 1.82) is 0 Å². The van der Waals surface area contributed by atoms with Crippen molar-refractivity contribution in [3.8, 4) is 0 Å². The minimum atomic E-state index is -0.0987. The zero-order chi connectivity index (χ0) is 14.3. The second kappa shape index (κ2) is 8.73. The maximum absolute atomic E-state index is 11.9. The molecule has 0 spiro atoms. The third-order valence-electron chi connectivity index (χ3n) is 2.64. The number of likely N-dealkylation sites (N-methyl/N-ethyl adjacent to an activating group) is 1. The molecule has 0 aliphatic rings. The molecule has 1 N–H and O–H groups in total. The highest BCUT2D eigenvalue weighted by Gasteiger charge is 2.07. The first kappa shape index (κ1) is 16.7. The van der Waals surface area contributed by atoms with Gasteiger partial charge < -0.3 is 15.0 Å². The van der Waals surface area contributed by atoms with Gasteiger partial charge in [0.05, 0.1) is 11.6 Å². The Kier molecular flexibility index (Phi) is 7.67. The molecule has 0 aliphatic heterocycles. The molecule has 0 aliphatic carbocycles. The highest BCUT2D eigenvalue weighted by atomic mass is 127. The fourth-order valence-electron chi connectivity index (χ4n) is 1.46. The molecule has 0 saturated heterocycles. The zero-order valence-electron chi connectivity index (χ0n) is 11.1. The third-order valence-corrected chi connectivity index (χ3v) is 4.21. The van der Waals surface area contributed by atoms with Gasteiger partial charge in [-0.25, -0.2) is 0 Å². The molecule has 19 heavy (non-hydrogen) atoms. The van der Waals surface area contributed by atoms with E-state index in [4.69, 9.17) is 16.3 Å². The van der Waals surface area contributed by atoms with Gasteiger partial charge in [-0.3, -0.25) is 4.79 Å². The van der Waals surface area contributed by atoms with Gasteiger partial charge in [-0.15, -0.1) is 0 Å². The average Bonchev–Trinajstić information content (AvgIpc) is 2.39. The number of amides is 1.